The van der Waals surface area contributed by atoms with Crippen molar-refractivity contribution in [2.24, 2.45) is 5.10 Å². The first kappa shape index (κ1) is 18.0. The summed E-state index contributed by atoms with van der Waals surface area (Å²) in [6.07, 6.45) is 1.40. The normalized spacial score (nSPS) is 10.3. The summed E-state index contributed by atoms with van der Waals surface area (Å²) in [7, 11) is 1.54. The Bertz CT molecular complexity index is 757. The van der Waals surface area contributed by atoms with Crippen molar-refractivity contribution >= 4 is 23.7 Å². The second-order valence-corrected chi connectivity index (χ2v) is 4.85. The van der Waals surface area contributed by atoms with Gasteiger partial charge in [-0.2, -0.15) is 5.10 Å². The lowest BCUT2D eigenvalue weighted by Crippen LogP contribution is -2.32. The minimum Gasteiger partial charge on any atom is -0.496 e. The first-order valence-electron chi connectivity index (χ1n) is 7.64. The van der Waals surface area contributed by atoms with Crippen LogP contribution >= 0.6 is 0 Å². The van der Waals surface area contributed by atoms with E-state index in [1.54, 1.807) is 36.4 Å². The van der Waals surface area contributed by atoms with Crippen LogP contribution in [0.4, 0.5) is 5.69 Å². The molecule has 0 bridgehead atoms. The van der Waals surface area contributed by atoms with Gasteiger partial charge in [-0.25, -0.2) is 5.43 Å². The number of hydrogen-bond donors (Lipinski definition) is 2. The number of hydrazone groups is 1. The zero-order valence-electron chi connectivity index (χ0n) is 14.0. The minimum absolute atomic E-state index is 0.484. The maximum absolute atomic E-state index is 11.8. The number of benzene rings is 2. The largest absolute Gasteiger partial charge is 0.496 e. The Morgan fingerprint density at radius 1 is 1.08 bits per heavy atom. The van der Waals surface area contributed by atoms with Crippen molar-refractivity contribution in [3.63, 3.8) is 0 Å². The highest BCUT2D eigenvalue weighted by Crippen LogP contribution is 2.16. The van der Waals surface area contributed by atoms with Crippen molar-refractivity contribution < 1.29 is 19.1 Å². The second-order valence-electron chi connectivity index (χ2n) is 4.85. The number of hydrogen-bond acceptors (Lipinski definition) is 5. The molecule has 2 N–H and O–H groups in total. The molecule has 0 aromatic heterocycles. The van der Waals surface area contributed by atoms with Gasteiger partial charge in [0, 0.05) is 11.3 Å². The van der Waals surface area contributed by atoms with E-state index in [0.717, 1.165) is 0 Å². The Hall–Kier alpha value is -3.35. The molecule has 0 radical (unpaired) electrons. The highest BCUT2D eigenvalue weighted by molar-refractivity contribution is 6.39. The van der Waals surface area contributed by atoms with Crippen LogP contribution in [0.3, 0.4) is 0 Å². The Labute approximate surface area is 145 Å². The zero-order valence-corrected chi connectivity index (χ0v) is 14.0. The predicted molar refractivity (Wildman–Crippen MR) is 95.0 cm³/mol. The van der Waals surface area contributed by atoms with E-state index in [-0.39, 0.29) is 0 Å². The molecule has 2 rings (SSSR count). The van der Waals surface area contributed by atoms with Gasteiger partial charge >= 0.3 is 11.8 Å². The summed E-state index contributed by atoms with van der Waals surface area (Å²) in [5, 5.41) is 6.24. The molecule has 7 nitrogen and oxygen atoms in total. The fourth-order valence-corrected chi connectivity index (χ4v) is 1.97. The lowest BCUT2D eigenvalue weighted by Gasteiger charge is -2.06. The highest BCUT2D eigenvalue weighted by atomic mass is 16.5. The van der Waals surface area contributed by atoms with Gasteiger partial charge in [0.05, 0.1) is 19.9 Å². The topological polar surface area (TPSA) is 89.0 Å². The molecule has 25 heavy (non-hydrogen) atoms. The van der Waals surface area contributed by atoms with Crippen LogP contribution in [0.15, 0.2) is 53.6 Å². The van der Waals surface area contributed by atoms with E-state index in [4.69, 9.17) is 9.47 Å². The van der Waals surface area contributed by atoms with Gasteiger partial charge in [-0.3, -0.25) is 9.59 Å². The summed E-state index contributed by atoms with van der Waals surface area (Å²) < 4.78 is 10.5. The number of nitrogens with one attached hydrogen (secondary N) is 2. The maximum atomic E-state index is 11.8. The van der Waals surface area contributed by atoms with Gasteiger partial charge in [-0.1, -0.05) is 12.1 Å². The van der Waals surface area contributed by atoms with Crippen molar-refractivity contribution in [3.05, 3.63) is 54.1 Å². The number of carbonyl (C=O) groups is 2. The molecule has 2 aromatic carbocycles. The van der Waals surface area contributed by atoms with Crippen LogP contribution in [0.25, 0.3) is 0 Å². The van der Waals surface area contributed by atoms with E-state index in [0.29, 0.717) is 29.4 Å². The third-order valence-corrected chi connectivity index (χ3v) is 3.14. The number of anilines is 1. The van der Waals surface area contributed by atoms with E-state index in [9.17, 15) is 9.59 Å². The van der Waals surface area contributed by atoms with E-state index < -0.39 is 11.8 Å². The molecule has 0 unspecified atom stereocenters. The molecule has 0 heterocycles. The summed E-state index contributed by atoms with van der Waals surface area (Å²) in [5.41, 5.74) is 3.33. The number of ether oxygens (including phenoxy) is 2. The predicted octanol–water partition coefficient (Wildman–Crippen LogP) is 2.18. The maximum Gasteiger partial charge on any atom is 0.329 e. The molecule has 0 aliphatic heterocycles. The number of rotatable bonds is 6. The molecule has 7 heteroatoms. The molecule has 0 aliphatic rings. The van der Waals surface area contributed by atoms with Gasteiger partial charge in [0.1, 0.15) is 11.5 Å². The van der Waals surface area contributed by atoms with Crippen LogP contribution in [0, 0.1) is 0 Å². The molecule has 0 spiro atoms. The van der Waals surface area contributed by atoms with Gasteiger partial charge in [-0.15, -0.1) is 0 Å². The van der Waals surface area contributed by atoms with Crippen molar-refractivity contribution in [3.8, 4) is 11.5 Å². The second kappa shape index (κ2) is 9.07. The Morgan fingerprint density at radius 2 is 1.80 bits per heavy atom. The average Bonchev–Trinajstić information content (AvgIpc) is 2.63. The van der Waals surface area contributed by atoms with Crippen LogP contribution in [0.2, 0.25) is 0 Å². The van der Waals surface area contributed by atoms with Gasteiger partial charge in [-0.05, 0) is 43.3 Å². The summed E-state index contributed by atoms with van der Waals surface area (Å²) in [4.78, 5) is 23.6. The molecular weight excluding hydrogens is 322 g/mol. The smallest absolute Gasteiger partial charge is 0.329 e. The molecule has 0 saturated carbocycles. The van der Waals surface area contributed by atoms with Crippen molar-refractivity contribution in [2.75, 3.05) is 19.0 Å². The number of para-hydroxylation sites is 1. The van der Waals surface area contributed by atoms with Gasteiger partial charge in [0.25, 0.3) is 0 Å². The summed E-state index contributed by atoms with van der Waals surface area (Å²) in [5.74, 6) is -0.396. The number of amides is 2. The third-order valence-electron chi connectivity index (χ3n) is 3.14. The van der Waals surface area contributed by atoms with E-state index in [1.165, 1.54) is 13.3 Å². The summed E-state index contributed by atoms with van der Waals surface area (Å²) in [6.45, 7) is 2.43. The molecule has 2 amide bonds. The van der Waals surface area contributed by atoms with Crippen molar-refractivity contribution in [2.45, 2.75) is 6.92 Å². The summed E-state index contributed by atoms with van der Waals surface area (Å²) >= 11 is 0. The fraction of sp³-hybridized carbons (Fsp3) is 0.167. The first-order valence-corrected chi connectivity index (χ1v) is 7.64. The quantitative estimate of drug-likeness (QED) is 0.479. The van der Waals surface area contributed by atoms with Crippen molar-refractivity contribution in [1.29, 1.82) is 0 Å². The zero-order chi connectivity index (χ0) is 18.1. The van der Waals surface area contributed by atoms with E-state index in [1.807, 2.05) is 19.1 Å². The third kappa shape index (κ3) is 5.35. The molecule has 0 aliphatic carbocycles. The van der Waals surface area contributed by atoms with Crippen LogP contribution in [-0.2, 0) is 9.59 Å². The van der Waals surface area contributed by atoms with Crippen molar-refractivity contribution in [1.82, 2.24) is 5.43 Å². The van der Waals surface area contributed by atoms with Crippen LogP contribution in [0.5, 0.6) is 11.5 Å². The average molecular weight is 341 g/mol. The van der Waals surface area contributed by atoms with Gasteiger partial charge < -0.3 is 14.8 Å². The minimum atomic E-state index is -0.875. The van der Waals surface area contributed by atoms with Gasteiger partial charge in [0.2, 0.25) is 0 Å². The van der Waals surface area contributed by atoms with E-state index >= 15 is 0 Å². The lowest BCUT2D eigenvalue weighted by atomic mass is 10.2. The van der Waals surface area contributed by atoms with Gasteiger partial charge in [0.15, 0.2) is 0 Å². The standard InChI is InChI=1S/C18H19N3O4/c1-3-25-15-10-8-14(9-11-15)20-17(22)18(23)21-19-12-13-6-4-5-7-16(13)24-2/h4-12H,3H2,1-2H3,(H,20,22)(H,21,23)/b19-12-. The van der Waals surface area contributed by atoms with Crippen LogP contribution in [-0.4, -0.2) is 31.7 Å². The number of nitrogens with zero attached hydrogens (tertiary/aromatic N) is 1. The Kier molecular flexibility index (Phi) is 6.53. The highest BCUT2D eigenvalue weighted by Gasteiger charge is 2.12. The molecular formula is C18H19N3O4. The molecule has 0 fully saturated rings. The Balaban J connectivity index is 1.89. The molecule has 0 saturated heterocycles. The fourth-order valence-electron chi connectivity index (χ4n) is 1.97. The lowest BCUT2D eigenvalue weighted by molar-refractivity contribution is -0.136. The number of methoxy groups -OCH3 is 1. The monoisotopic (exact) mass is 341 g/mol. The molecule has 2 aromatic rings. The summed E-state index contributed by atoms with van der Waals surface area (Å²) in [6, 6.07) is 13.9. The van der Waals surface area contributed by atoms with Crippen LogP contribution in [0.1, 0.15) is 12.5 Å². The first-order chi connectivity index (χ1) is 12.1. The number of carbonyl (C=O) groups excluding carboxylic acids is 2. The molecule has 130 valence electrons. The SMILES string of the molecule is CCOc1ccc(NC(=O)C(=O)N/N=C\c2ccccc2OC)cc1. The van der Waals surface area contributed by atoms with Crippen LogP contribution < -0.4 is 20.2 Å². The van der Waals surface area contributed by atoms with E-state index in [2.05, 4.69) is 15.8 Å². The Morgan fingerprint density at radius 3 is 2.48 bits per heavy atom. The molecule has 0 atom stereocenters.